The summed E-state index contributed by atoms with van der Waals surface area (Å²) in [5.74, 6) is -1.86. The van der Waals surface area contributed by atoms with E-state index in [0.717, 1.165) is 0 Å². The Morgan fingerprint density at radius 1 is 1.16 bits per heavy atom. The van der Waals surface area contributed by atoms with Crippen LogP contribution in [0.1, 0.15) is 17.5 Å². The number of nitrogens with zero attached hydrogens (tertiary/aromatic N) is 1. The minimum atomic E-state index is -0.955. The van der Waals surface area contributed by atoms with Crippen LogP contribution in [-0.4, -0.2) is 53.1 Å². The molecular weight excluding hydrogens is 407 g/mol. The SMILES string of the molecule is NC(=O)COc1cccc(COC(=O)C2CC(O)CN2C(=O)Cc2ccccc2F)c1. The van der Waals surface area contributed by atoms with Gasteiger partial charge in [-0.25, -0.2) is 9.18 Å². The zero-order valence-electron chi connectivity index (χ0n) is 16.7. The number of amides is 2. The number of halogens is 1. The molecule has 8 nitrogen and oxygen atoms in total. The van der Waals surface area contributed by atoms with Crippen LogP contribution in [0.5, 0.6) is 5.75 Å². The molecule has 2 amide bonds. The van der Waals surface area contributed by atoms with Crippen LogP contribution in [0.3, 0.4) is 0 Å². The molecule has 2 unspecified atom stereocenters. The fourth-order valence-electron chi connectivity index (χ4n) is 3.35. The summed E-state index contributed by atoms with van der Waals surface area (Å²) in [7, 11) is 0. The van der Waals surface area contributed by atoms with Gasteiger partial charge in [-0.1, -0.05) is 30.3 Å². The third kappa shape index (κ3) is 6.02. The maximum atomic E-state index is 13.9. The van der Waals surface area contributed by atoms with Crippen molar-refractivity contribution in [2.24, 2.45) is 5.73 Å². The van der Waals surface area contributed by atoms with Crippen LogP contribution in [0.25, 0.3) is 0 Å². The van der Waals surface area contributed by atoms with Gasteiger partial charge in [0, 0.05) is 13.0 Å². The number of hydrogen-bond acceptors (Lipinski definition) is 6. The molecule has 3 N–H and O–H groups in total. The van der Waals surface area contributed by atoms with Crippen molar-refractivity contribution in [3.63, 3.8) is 0 Å². The van der Waals surface area contributed by atoms with E-state index in [4.69, 9.17) is 15.2 Å². The lowest BCUT2D eigenvalue weighted by Crippen LogP contribution is -2.42. The van der Waals surface area contributed by atoms with E-state index in [-0.39, 0.29) is 38.2 Å². The van der Waals surface area contributed by atoms with Crippen LogP contribution in [0.4, 0.5) is 4.39 Å². The average molecular weight is 430 g/mol. The number of nitrogens with two attached hydrogens (primary N) is 1. The summed E-state index contributed by atoms with van der Waals surface area (Å²) in [6.45, 7) is -0.389. The standard InChI is InChI=1S/C22H23FN2O6/c23-18-7-2-1-5-15(18)9-21(28)25-11-16(26)10-19(25)22(29)31-12-14-4-3-6-17(8-14)30-13-20(24)27/h1-8,16,19,26H,9-13H2,(H2,24,27). The molecule has 1 fully saturated rings. The third-order valence-electron chi connectivity index (χ3n) is 4.83. The zero-order chi connectivity index (χ0) is 22.4. The first-order valence-electron chi connectivity index (χ1n) is 9.71. The molecule has 0 aliphatic carbocycles. The zero-order valence-corrected chi connectivity index (χ0v) is 16.7. The Kier molecular flexibility index (Phi) is 7.19. The number of likely N-dealkylation sites (tertiary alicyclic amines) is 1. The summed E-state index contributed by atoms with van der Waals surface area (Å²) in [4.78, 5) is 37.3. The van der Waals surface area contributed by atoms with Gasteiger partial charge >= 0.3 is 5.97 Å². The monoisotopic (exact) mass is 430 g/mol. The van der Waals surface area contributed by atoms with Crippen molar-refractivity contribution >= 4 is 17.8 Å². The molecule has 1 heterocycles. The Bertz CT molecular complexity index is 967. The number of benzene rings is 2. The summed E-state index contributed by atoms with van der Waals surface area (Å²) >= 11 is 0. The van der Waals surface area contributed by atoms with Gasteiger partial charge < -0.3 is 25.2 Å². The third-order valence-corrected chi connectivity index (χ3v) is 4.83. The number of carbonyl (C=O) groups excluding carboxylic acids is 3. The molecule has 164 valence electrons. The molecule has 0 aromatic heterocycles. The number of aliphatic hydroxyl groups is 1. The molecule has 31 heavy (non-hydrogen) atoms. The molecule has 2 aromatic carbocycles. The summed E-state index contributed by atoms with van der Waals surface area (Å²) in [6.07, 6.45) is -1.04. The molecule has 1 saturated heterocycles. The molecule has 3 rings (SSSR count). The summed E-state index contributed by atoms with van der Waals surface area (Å²) in [6, 6.07) is 11.6. The van der Waals surface area contributed by atoms with Crippen molar-refractivity contribution in [2.45, 2.75) is 31.6 Å². The van der Waals surface area contributed by atoms with Crippen LogP contribution in [-0.2, 0) is 32.1 Å². The highest BCUT2D eigenvalue weighted by molar-refractivity contribution is 5.86. The van der Waals surface area contributed by atoms with Gasteiger partial charge in [0.15, 0.2) is 6.61 Å². The molecule has 0 spiro atoms. The van der Waals surface area contributed by atoms with Crippen molar-refractivity contribution in [2.75, 3.05) is 13.2 Å². The van der Waals surface area contributed by atoms with Crippen molar-refractivity contribution in [1.29, 1.82) is 0 Å². The molecule has 2 aromatic rings. The van der Waals surface area contributed by atoms with E-state index in [0.29, 0.717) is 11.3 Å². The van der Waals surface area contributed by atoms with Gasteiger partial charge in [0.25, 0.3) is 5.91 Å². The number of aliphatic hydroxyl groups excluding tert-OH is 1. The first kappa shape index (κ1) is 22.2. The molecule has 0 saturated carbocycles. The smallest absolute Gasteiger partial charge is 0.329 e. The summed E-state index contributed by atoms with van der Waals surface area (Å²) in [5, 5.41) is 9.98. The highest BCUT2D eigenvalue weighted by atomic mass is 19.1. The topological polar surface area (TPSA) is 119 Å². The van der Waals surface area contributed by atoms with Gasteiger partial charge in [-0.05, 0) is 29.3 Å². The van der Waals surface area contributed by atoms with E-state index in [2.05, 4.69) is 0 Å². The van der Waals surface area contributed by atoms with Crippen LogP contribution in [0.15, 0.2) is 48.5 Å². The van der Waals surface area contributed by atoms with Crippen molar-refractivity contribution in [3.8, 4) is 5.75 Å². The highest BCUT2D eigenvalue weighted by Gasteiger charge is 2.39. The minimum Gasteiger partial charge on any atom is -0.484 e. The second kappa shape index (κ2) is 10.0. The first-order valence-corrected chi connectivity index (χ1v) is 9.71. The Hall–Kier alpha value is -3.46. The Morgan fingerprint density at radius 3 is 2.68 bits per heavy atom. The summed E-state index contributed by atoms with van der Waals surface area (Å²) < 4.78 is 24.4. The Labute approximate surface area is 178 Å². The van der Waals surface area contributed by atoms with Crippen molar-refractivity contribution in [1.82, 2.24) is 4.90 Å². The molecule has 0 radical (unpaired) electrons. The largest absolute Gasteiger partial charge is 0.484 e. The number of hydrogen-bond donors (Lipinski definition) is 2. The van der Waals surface area contributed by atoms with Crippen LogP contribution in [0.2, 0.25) is 0 Å². The minimum absolute atomic E-state index is 0.0243. The van der Waals surface area contributed by atoms with E-state index in [1.54, 1.807) is 30.3 Å². The number of carbonyl (C=O) groups is 3. The van der Waals surface area contributed by atoms with E-state index < -0.39 is 35.7 Å². The van der Waals surface area contributed by atoms with Gasteiger partial charge in [0.2, 0.25) is 5.91 Å². The Balaban J connectivity index is 1.61. The number of rotatable bonds is 8. The van der Waals surface area contributed by atoms with Crippen LogP contribution >= 0.6 is 0 Å². The second-order valence-corrected chi connectivity index (χ2v) is 7.23. The van der Waals surface area contributed by atoms with Crippen molar-refractivity contribution < 1.29 is 33.4 Å². The summed E-state index contributed by atoms with van der Waals surface area (Å²) in [5.41, 5.74) is 5.87. The quantitative estimate of drug-likeness (QED) is 0.602. The number of β-amino-alcohol motifs (C(OH)–C–C–N with tert-alkyl or cyclic N) is 1. The number of ether oxygens (including phenoxy) is 2. The van der Waals surface area contributed by atoms with Crippen LogP contribution in [0, 0.1) is 5.82 Å². The van der Waals surface area contributed by atoms with Gasteiger partial charge in [-0.15, -0.1) is 0 Å². The first-order chi connectivity index (χ1) is 14.8. The lowest BCUT2D eigenvalue weighted by atomic mass is 10.1. The van der Waals surface area contributed by atoms with Gasteiger partial charge in [-0.3, -0.25) is 9.59 Å². The molecule has 2 atom stereocenters. The Morgan fingerprint density at radius 2 is 1.94 bits per heavy atom. The van der Waals surface area contributed by atoms with E-state index in [1.165, 1.54) is 23.1 Å². The highest BCUT2D eigenvalue weighted by Crippen LogP contribution is 2.22. The number of esters is 1. The van der Waals surface area contributed by atoms with Gasteiger partial charge in [0.05, 0.1) is 12.5 Å². The average Bonchev–Trinajstić information content (AvgIpc) is 3.14. The fraction of sp³-hybridized carbons (Fsp3) is 0.318. The van der Waals surface area contributed by atoms with E-state index in [1.807, 2.05) is 0 Å². The predicted octanol–water partition coefficient (Wildman–Crippen LogP) is 0.937. The van der Waals surface area contributed by atoms with E-state index in [9.17, 15) is 23.9 Å². The molecule has 0 bridgehead atoms. The fourth-order valence-corrected chi connectivity index (χ4v) is 3.35. The second-order valence-electron chi connectivity index (χ2n) is 7.23. The van der Waals surface area contributed by atoms with Crippen LogP contribution < -0.4 is 10.5 Å². The van der Waals surface area contributed by atoms with E-state index >= 15 is 0 Å². The maximum Gasteiger partial charge on any atom is 0.329 e. The molecule has 9 heteroatoms. The predicted molar refractivity (Wildman–Crippen MR) is 107 cm³/mol. The lowest BCUT2D eigenvalue weighted by Gasteiger charge is -2.23. The number of primary amides is 1. The lowest BCUT2D eigenvalue weighted by molar-refractivity contribution is -0.154. The van der Waals surface area contributed by atoms with Gasteiger partial charge in [-0.2, -0.15) is 0 Å². The molecule has 1 aliphatic heterocycles. The van der Waals surface area contributed by atoms with Crippen molar-refractivity contribution in [3.05, 3.63) is 65.5 Å². The normalized spacial score (nSPS) is 17.9. The molecule has 1 aliphatic rings. The maximum absolute atomic E-state index is 13.9. The van der Waals surface area contributed by atoms with Gasteiger partial charge in [0.1, 0.15) is 24.2 Å². The molecular formula is C22H23FN2O6.